The second-order valence-corrected chi connectivity index (χ2v) is 4.28. The first-order valence-corrected chi connectivity index (χ1v) is 5.22. The molecule has 0 aliphatic rings. The fraction of sp³-hybridized carbons (Fsp3) is 0. The number of anilines is 1. The van der Waals surface area contributed by atoms with Crippen LogP contribution in [0.1, 0.15) is 9.67 Å². The van der Waals surface area contributed by atoms with Crippen LogP contribution >= 0.6 is 11.3 Å². The fourth-order valence-corrected chi connectivity index (χ4v) is 2.04. The van der Waals surface area contributed by atoms with Crippen LogP contribution in [0.25, 0.3) is 0 Å². The Bertz CT molecular complexity index is 420. The molecule has 0 atom stereocenters. The van der Waals surface area contributed by atoms with E-state index in [4.69, 9.17) is 9.66 Å². The molecular weight excluding hydrogens is 218 g/mol. The van der Waals surface area contributed by atoms with Crippen molar-refractivity contribution in [3.05, 3.63) is 17.0 Å². The third-order valence-electron chi connectivity index (χ3n) is 1.05. The van der Waals surface area contributed by atoms with Crippen LogP contribution in [0.5, 0.6) is 0 Å². The van der Waals surface area contributed by atoms with E-state index in [-0.39, 0.29) is 9.88 Å². The summed E-state index contributed by atoms with van der Waals surface area (Å²) in [6.45, 7) is 0. The maximum atomic E-state index is 10.4. The van der Waals surface area contributed by atoms with E-state index in [1.54, 1.807) is 4.72 Å². The molecule has 1 rings (SSSR count). The largest absolute Gasteiger partial charge is 0.477 e. The van der Waals surface area contributed by atoms with Crippen LogP contribution in [-0.4, -0.2) is 24.0 Å². The maximum absolute atomic E-state index is 10.4. The minimum Gasteiger partial charge on any atom is -0.477 e. The van der Waals surface area contributed by atoms with Gasteiger partial charge in [0.15, 0.2) is 0 Å². The van der Waals surface area contributed by atoms with Crippen molar-refractivity contribution in [1.29, 1.82) is 0 Å². The van der Waals surface area contributed by atoms with Crippen molar-refractivity contribution in [3.8, 4) is 0 Å². The highest BCUT2D eigenvalue weighted by Crippen LogP contribution is 2.22. The molecule has 1 aromatic heterocycles. The Labute approximate surface area is 77.7 Å². The van der Waals surface area contributed by atoms with Crippen LogP contribution < -0.4 is 4.72 Å². The lowest BCUT2D eigenvalue weighted by molar-refractivity contribution is 0.0702. The predicted octanol–water partition coefficient (Wildman–Crippen LogP) is 0.661. The molecule has 0 aliphatic heterocycles. The van der Waals surface area contributed by atoms with E-state index < -0.39 is 16.3 Å². The number of rotatable bonds is 3. The van der Waals surface area contributed by atoms with Crippen molar-refractivity contribution in [2.75, 3.05) is 4.72 Å². The Morgan fingerprint density at radius 1 is 1.46 bits per heavy atom. The minimum absolute atomic E-state index is 0.00819. The zero-order valence-electron chi connectivity index (χ0n) is 6.09. The molecule has 0 spiro atoms. The summed E-state index contributed by atoms with van der Waals surface area (Å²) in [4.78, 5) is 10.3. The van der Waals surface area contributed by atoms with Gasteiger partial charge in [-0.1, -0.05) is 0 Å². The maximum Gasteiger partial charge on any atom is 0.358 e. The Hall–Kier alpha value is -1.12. The fourth-order valence-electron chi connectivity index (χ4n) is 0.635. The third kappa shape index (κ3) is 3.01. The molecular formula is C5H5NO5S2. The van der Waals surface area contributed by atoms with Crippen molar-refractivity contribution in [2.24, 2.45) is 0 Å². The minimum atomic E-state index is -4.32. The summed E-state index contributed by atoms with van der Waals surface area (Å²) in [6, 6.07) is 2.49. The first-order chi connectivity index (χ1) is 5.88. The highest BCUT2D eigenvalue weighted by Gasteiger charge is 2.10. The summed E-state index contributed by atoms with van der Waals surface area (Å²) in [6.07, 6.45) is 0. The first kappa shape index (κ1) is 9.96. The molecule has 0 bridgehead atoms. The number of hydrogen-bond acceptors (Lipinski definition) is 4. The molecule has 0 saturated carbocycles. The van der Waals surface area contributed by atoms with Gasteiger partial charge in [-0.15, -0.1) is 11.3 Å². The normalized spacial score (nSPS) is 11.2. The molecule has 1 aromatic rings. The molecule has 13 heavy (non-hydrogen) atoms. The summed E-state index contributed by atoms with van der Waals surface area (Å²) >= 11 is 0.718. The van der Waals surface area contributed by atoms with E-state index in [2.05, 4.69) is 0 Å². The molecule has 0 amide bonds. The standard InChI is InChI=1S/C5H5NO5S2/c7-5(8)3-1-2-4(12-3)6-13(9,10)11/h1-2,6H,(H,7,8)(H,9,10,11). The summed E-state index contributed by atoms with van der Waals surface area (Å²) in [5.41, 5.74) is 0. The highest BCUT2D eigenvalue weighted by molar-refractivity contribution is 7.87. The van der Waals surface area contributed by atoms with Gasteiger partial charge >= 0.3 is 16.3 Å². The van der Waals surface area contributed by atoms with Gasteiger partial charge in [-0.25, -0.2) is 4.79 Å². The van der Waals surface area contributed by atoms with Crippen molar-refractivity contribution >= 4 is 32.6 Å². The average molecular weight is 223 g/mol. The number of aromatic carboxylic acids is 1. The predicted molar refractivity (Wildman–Crippen MR) is 46.4 cm³/mol. The van der Waals surface area contributed by atoms with Crippen molar-refractivity contribution in [3.63, 3.8) is 0 Å². The molecule has 3 N–H and O–H groups in total. The van der Waals surface area contributed by atoms with Gasteiger partial charge in [0.2, 0.25) is 0 Å². The highest BCUT2D eigenvalue weighted by atomic mass is 32.2. The quantitative estimate of drug-likeness (QED) is 0.653. The lowest BCUT2D eigenvalue weighted by atomic mass is 10.5. The molecule has 8 heteroatoms. The van der Waals surface area contributed by atoms with Crippen LogP contribution in [0.4, 0.5) is 5.00 Å². The van der Waals surface area contributed by atoms with E-state index in [9.17, 15) is 13.2 Å². The zero-order chi connectivity index (χ0) is 10.1. The first-order valence-electron chi connectivity index (χ1n) is 2.97. The SMILES string of the molecule is O=C(O)c1ccc(NS(=O)(=O)O)s1. The number of nitrogens with one attached hydrogen (secondary N) is 1. The van der Waals surface area contributed by atoms with Crippen molar-refractivity contribution < 1.29 is 22.9 Å². The Morgan fingerprint density at radius 2 is 2.08 bits per heavy atom. The third-order valence-corrected chi connectivity index (χ3v) is 2.64. The molecule has 1 heterocycles. The van der Waals surface area contributed by atoms with E-state index in [1.807, 2.05) is 0 Å². The average Bonchev–Trinajstić information content (AvgIpc) is 2.31. The Morgan fingerprint density at radius 3 is 2.46 bits per heavy atom. The van der Waals surface area contributed by atoms with Gasteiger partial charge in [-0.2, -0.15) is 8.42 Å². The number of carboxylic acids is 1. The molecule has 72 valence electrons. The summed E-state index contributed by atoms with van der Waals surface area (Å²) < 4.78 is 30.6. The van der Waals surface area contributed by atoms with E-state index in [0.717, 1.165) is 11.3 Å². The van der Waals surface area contributed by atoms with Crippen LogP contribution in [-0.2, 0) is 10.3 Å². The lowest BCUT2D eigenvalue weighted by Gasteiger charge is -1.95. The van der Waals surface area contributed by atoms with Crippen LogP contribution in [0.2, 0.25) is 0 Å². The van der Waals surface area contributed by atoms with Crippen molar-refractivity contribution in [1.82, 2.24) is 0 Å². The number of hydrogen-bond donors (Lipinski definition) is 3. The topological polar surface area (TPSA) is 104 Å². The van der Waals surface area contributed by atoms with Gasteiger partial charge in [-0.05, 0) is 12.1 Å². The molecule has 6 nitrogen and oxygen atoms in total. The summed E-state index contributed by atoms with van der Waals surface area (Å²) in [7, 11) is -4.32. The van der Waals surface area contributed by atoms with Gasteiger partial charge in [-0.3, -0.25) is 9.27 Å². The van der Waals surface area contributed by atoms with E-state index >= 15 is 0 Å². The smallest absolute Gasteiger partial charge is 0.358 e. The molecule has 0 unspecified atom stereocenters. The number of thiophene rings is 1. The van der Waals surface area contributed by atoms with Crippen LogP contribution in [0.3, 0.4) is 0 Å². The number of carbonyl (C=O) groups is 1. The Balaban J connectivity index is 2.87. The van der Waals surface area contributed by atoms with Crippen LogP contribution in [0.15, 0.2) is 12.1 Å². The molecule has 0 aromatic carbocycles. The van der Waals surface area contributed by atoms with Crippen molar-refractivity contribution in [2.45, 2.75) is 0 Å². The van der Waals surface area contributed by atoms with E-state index in [1.165, 1.54) is 12.1 Å². The molecule has 0 fully saturated rings. The second-order valence-electron chi connectivity index (χ2n) is 2.05. The lowest BCUT2D eigenvalue weighted by Crippen LogP contribution is -2.08. The second kappa shape index (κ2) is 3.32. The number of carboxylic acid groups (broad SMARTS) is 1. The summed E-state index contributed by atoms with van der Waals surface area (Å²) in [5.74, 6) is -1.15. The van der Waals surface area contributed by atoms with Gasteiger partial charge in [0.25, 0.3) is 0 Å². The molecule has 0 aliphatic carbocycles. The molecule has 0 saturated heterocycles. The van der Waals surface area contributed by atoms with Gasteiger partial charge < -0.3 is 5.11 Å². The van der Waals surface area contributed by atoms with Gasteiger partial charge in [0.05, 0.1) is 0 Å². The molecule has 0 radical (unpaired) electrons. The van der Waals surface area contributed by atoms with Gasteiger partial charge in [0, 0.05) is 0 Å². The van der Waals surface area contributed by atoms with E-state index in [0.29, 0.717) is 0 Å². The van der Waals surface area contributed by atoms with Crippen LogP contribution in [0, 0.1) is 0 Å². The van der Waals surface area contributed by atoms with Gasteiger partial charge in [0.1, 0.15) is 9.88 Å². The monoisotopic (exact) mass is 223 g/mol. The zero-order valence-corrected chi connectivity index (χ0v) is 7.72. The summed E-state index contributed by atoms with van der Waals surface area (Å²) in [5, 5.41) is 8.52. The Kier molecular flexibility index (Phi) is 2.55.